The van der Waals surface area contributed by atoms with Gasteiger partial charge in [0.05, 0.1) is 0 Å². The minimum atomic E-state index is -3.91. The predicted molar refractivity (Wildman–Crippen MR) is 98.5 cm³/mol. The van der Waals surface area contributed by atoms with Crippen LogP contribution in [0.3, 0.4) is 0 Å². The van der Waals surface area contributed by atoms with Gasteiger partial charge in [-0.1, -0.05) is 18.0 Å². The minimum absolute atomic E-state index is 0. The SMILES string of the molecule is Cc1noc(C)c1S(=O)(=O)NC1(C(=O)NC(CN)C2CC2)CCCC1.Cl. The second-order valence-corrected chi connectivity index (χ2v) is 8.82. The summed E-state index contributed by atoms with van der Waals surface area (Å²) in [5.74, 6) is 0.352. The largest absolute Gasteiger partial charge is 0.360 e. The molecule has 2 aliphatic rings. The van der Waals surface area contributed by atoms with Crippen molar-refractivity contribution in [2.75, 3.05) is 6.54 Å². The van der Waals surface area contributed by atoms with Crippen LogP contribution in [0, 0.1) is 19.8 Å². The number of carbonyl (C=O) groups is 1. The lowest BCUT2D eigenvalue weighted by atomic mass is 9.97. The van der Waals surface area contributed by atoms with E-state index in [-0.39, 0.29) is 40.7 Å². The molecule has 26 heavy (non-hydrogen) atoms. The molecule has 1 unspecified atom stereocenters. The van der Waals surface area contributed by atoms with Gasteiger partial charge in [0.1, 0.15) is 16.1 Å². The lowest BCUT2D eigenvalue weighted by Crippen LogP contribution is -2.59. The topological polar surface area (TPSA) is 127 Å². The number of sulfonamides is 1. The maximum atomic E-state index is 13.0. The zero-order valence-corrected chi connectivity index (χ0v) is 16.7. The van der Waals surface area contributed by atoms with Crippen molar-refractivity contribution in [2.45, 2.75) is 68.8 Å². The monoisotopic (exact) mass is 406 g/mol. The molecule has 0 aliphatic heterocycles. The number of amides is 1. The highest BCUT2D eigenvalue weighted by Crippen LogP contribution is 2.35. The van der Waals surface area contributed by atoms with Gasteiger partial charge in [-0.05, 0) is 45.4 Å². The van der Waals surface area contributed by atoms with Gasteiger partial charge in [-0.25, -0.2) is 8.42 Å². The highest BCUT2D eigenvalue weighted by atomic mass is 35.5. The fraction of sp³-hybridized carbons (Fsp3) is 0.750. The first-order valence-corrected chi connectivity index (χ1v) is 10.3. The molecule has 148 valence electrons. The molecular weight excluding hydrogens is 380 g/mol. The van der Waals surface area contributed by atoms with Crippen LogP contribution in [-0.4, -0.2) is 37.6 Å². The zero-order valence-electron chi connectivity index (χ0n) is 15.1. The molecule has 2 aliphatic carbocycles. The quantitative estimate of drug-likeness (QED) is 0.623. The van der Waals surface area contributed by atoms with Crippen LogP contribution >= 0.6 is 12.4 Å². The van der Waals surface area contributed by atoms with Crippen LogP contribution in [0.25, 0.3) is 0 Å². The Bertz CT molecular complexity index is 735. The molecule has 0 spiro atoms. The fourth-order valence-corrected chi connectivity index (χ4v) is 5.45. The van der Waals surface area contributed by atoms with Gasteiger partial charge >= 0.3 is 0 Å². The fourth-order valence-electron chi connectivity index (χ4n) is 3.69. The molecule has 0 saturated heterocycles. The van der Waals surface area contributed by atoms with Crippen molar-refractivity contribution in [3.8, 4) is 0 Å². The maximum Gasteiger partial charge on any atom is 0.246 e. The summed E-state index contributed by atoms with van der Waals surface area (Å²) in [5, 5.41) is 6.69. The Morgan fingerprint density at radius 3 is 2.42 bits per heavy atom. The van der Waals surface area contributed by atoms with E-state index >= 15 is 0 Å². The van der Waals surface area contributed by atoms with E-state index in [1.807, 2.05) is 0 Å². The third-order valence-corrected chi connectivity index (χ3v) is 7.00. The van der Waals surface area contributed by atoms with Gasteiger partial charge in [-0.3, -0.25) is 4.79 Å². The predicted octanol–water partition coefficient (Wildman–Crippen LogP) is 1.16. The smallest absolute Gasteiger partial charge is 0.246 e. The molecule has 10 heteroatoms. The summed E-state index contributed by atoms with van der Waals surface area (Å²) in [6.07, 6.45) is 4.66. The summed E-state index contributed by atoms with van der Waals surface area (Å²) in [6, 6.07) is -0.0893. The zero-order chi connectivity index (χ0) is 18.2. The van der Waals surface area contributed by atoms with E-state index in [1.165, 1.54) is 0 Å². The Labute approximate surface area is 160 Å². The Hall–Kier alpha value is -1.16. The Morgan fingerprint density at radius 1 is 1.35 bits per heavy atom. The molecule has 4 N–H and O–H groups in total. The average molecular weight is 407 g/mol. The first-order chi connectivity index (χ1) is 11.8. The number of hydrogen-bond acceptors (Lipinski definition) is 6. The van der Waals surface area contributed by atoms with Crippen LogP contribution in [0.4, 0.5) is 0 Å². The molecule has 0 radical (unpaired) electrons. The van der Waals surface area contributed by atoms with Crippen molar-refractivity contribution < 1.29 is 17.7 Å². The lowest BCUT2D eigenvalue weighted by molar-refractivity contribution is -0.127. The second-order valence-electron chi connectivity index (χ2n) is 7.20. The summed E-state index contributed by atoms with van der Waals surface area (Å²) in [6.45, 7) is 3.49. The highest BCUT2D eigenvalue weighted by Gasteiger charge is 2.47. The molecular formula is C16H27ClN4O4S. The molecule has 0 aromatic carbocycles. The third kappa shape index (κ3) is 4.05. The first-order valence-electron chi connectivity index (χ1n) is 8.77. The van der Waals surface area contributed by atoms with Crippen molar-refractivity contribution >= 4 is 28.3 Å². The van der Waals surface area contributed by atoms with Gasteiger partial charge < -0.3 is 15.6 Å². The molecule has 1 amide bonds. The molecule has 3 rings (SSSR count). The molecule has 1 heterocycles. The Balaban J connectivity index is 0.00000243. The number of nitrogens with zero attached hydrogens (tertiary/aromatic N) is 1. The summed E-state index contributed by atoms with van der Waals surface area (Å²) in [5.41, 5.74) is 4.93. The van der Waals surface area contributed by atoms with E-state index in [1.54, 1.807) is 13.8 Å². The number of carbonyl (C=O) groups excluding carboxylic acids is 1. The van der Waals surface area contributed by atoms with Crippen molar-refractivity contribution in [1.82, 2.24) is 15.2 Å². The second kappa shape index (κ2) is 7.84. The van der Waals surface area contributed by atoms with Gasteiger partial charge in [0.25, 0.3) is 0 Å². The minimum Gasteiger partial charge on any atom is -0.360 e. The first kappa shape index (κ1) is 21.1. The number of rotatable bonds is 7. The van der Waals surface area contributed by atoms with Gasteiger partial charge in [0.2, 0.25) is 15.9 Å². The standard InChI is InChI=1S/C16H26N4O4S.ClH/c1-10-14(11(2)24-19-10)25(22,23)20-16(7-3-4-8-16)15(21)18-13(9-17)12-5-6-12;/h12-13,20H,3-9,17H2,1-2H3,(H,18,21);1H. The summed E-state index contributed by atoms with van der Waals surface area (Å²) < 4.78 is 33.4. The number of halogens is 1. The highest BCUT2D eigenvalue weighted by molar-refractivity contribution is 7.89. The van der Waals surface area contributed by atoms with E-state index in [2.05, 4.69) is 15.2 Å². The summed E-state index contributed by atoms with van der Waals surface area (Å²) >= 11 is 0. The summed E-state index contributed by atoms with van der Waals surface area (Å²) in [4.78, 5) is 13.0. The summed E-state index contributed by atoms with van der Waals surface area (Å²) in [7, 11) is -3.91. The van der Waals surface area contributed by atoms with Gasteiger partial charge in [-0.2, -0.15) is 4.72 Å². The number of aromatic nitrogens is 1. The normalized spacial score (nSPS) is 20.4. The van der Waals surface area contributed by atoms with Crippen LogP contribution in [0.1, 0.15) is 50.0 Å². The van der Waals surface area contributed by atoms with Gasteiger partial charge in [0.15, 0.2) is 5.76 Å². The van der Waals surface area contributed by atoms with E-state index in [0.717, 1.165) is 25.7 Å². The van der Waals surface area contributed by atoms with Crippen LogP contribution in [0.2, 0.25) is 0 Å². The van der Waals surface area contributed by atoms with E-state index in [4.69, 9.17) is 10.3 Å². The lowest BCUT2D eigenvalue weighted by Gasteiger charge is -2.30. The molecule has 0 bridgehead atoms. The number of nitrogens with one attached hydrogen (secondary N) is 2. The third-order valence-electron chi connectivity index (χ3n) is 5.22. The molecule has 1 aromatic rings. The van der Waals surface area contributed by atoms with Crippen LogP contribution in [0.15, 0.2) is 9.42 Å². The van der Waals surface area contributed by atoms with Gasteiger partial charge in [0, 0.05) is 12.6 Å². The molecule has 2 saturated carbocycles. The van der Waals surface area contributed by atoms with Crippen molar-refractivity contribution in [3.63, 3.8) is 0 Å². The molecule has 1 atom stereocenters. The van der Waals surface area contributed by atoms with Crippen molar-refractivity contribution in [2.24, 2.45) is 11.7 Å². The van der Waals surface area contributed by atoms with Crippen LogP contribution in [0.5, 0.6) is 0 Å². The van der Waals surface area contributed by atoms with Crippen molar-refractivity contribution in [1.29, 1.82) is 0 Å². The molecule has 8 nitrogen and oxygen atoms in total. The maximum absolute atomic E-state index is 13.0. The van der Waals surface area contributed by atoms with Crippen molar-refractivity contribution in [3.05, 3.63) is 11.5 Å². The Morgan fingerprint density at radius 2 is 1.96 bits per heavy atom. The Kier molecular flexibility index (Phi) is 6.37. The van der Waals surface area contributed by atoms with Gasteiger partial charge in [-0.15, -0.1) is 12.4 Å². The van der Waals surface area contributed by atoms with E-state index < -0.39 is 15.6 Å². The molecule has 2 fully saturated rings. The van der Waals surface area contributed by atoms with E-state index in [9.17, 15) is 13.2 Å². The number of aryl methyl sites for hydroxylation is 2. The van der Waals surface area contributed by atoms with E-state index in [0.29, 0.717) is 25.3 Å². The van der Waals surface area contributed by atoms with Crippen LogP contribution < -0.4 is 15.8 Å². The number of hydrogen-bond donors (Lipinski definition) is 3. The number of nitrogens with two attached hydrogens (primary N) is 1. The van der Waals surface area contributed by atoms with Crippen LogP contribution in [-0.2, 0) is 14.8 Å². The molecule has 1 aromatic heterocycles. The average Bonchev–Trinajstić information content (AvgIpc) is 3.18.